The molecule has 1 aromatic rings. The van der Waals surface area contributed by atoms with Gasteiger partial charge in [-0.25, -0.2) is 0 Å². The van der Waals surface area contributed by atoms with Gasteiger partial charge in [0.1, 0.15) is 0 Å². The van der Waals surface area contributed by atoms with E-state index in [9.17, 15) is 4.79 Å². The maximum Gasteiger partial charge on any atom is 0.220 e. The van der Waals surface area contributed by atoms with E-state index in [0.717, 1.165) is 12.1 Å². The fourth-order valence-corrected chi connectivity index (χ4v) is 1.70. The van der Waals surface area contributed by atoms with Crippen molar-refractivity contribution < 1.29 is 4.79 Å². The first-order valence-corrected chi connectivity index (χ1v) is 4.38. The summed E-state index contributed by atoms with van der Waals surface area (Å²) in [5, 5.41) is 2.84. The Hall–Kier alpha value is -1.38. The van der Waals surface area contributed by atoms with Crippen LogP contribution in [0.15, 0.2) is 24.5 Å². The summed E-state index contributed by atoms with van der Waals surface area (Å²) >= 11 is 0. The number of hydrogen-bond acceptors (Lipinski definition) is 2. The van der Waals surface area contributed by atoms with Crippen molar-refractivity contribution in [1.82, 2.24) is 10.3 Å². The Labute approximate surface area is 77.2 Å². The maximum atomic E-state index is 11.1. The molecule has 0 radical (unpaired) electrons. The molecule has 1 saturated heterocycles. The van der Waals surface area contributed by atoms with E-state index in [1.54, 1.807) is 6.20 Å². The standard InChI is InChI=1S/C10H12N2O/c1-10(5-9(13)12-7-10)8-3-2-4-11-6-8/h2-4,6H,5,7H2,1H3,(H,12,13)/t10-/m1/s1. The molecule has 1 fully saturated rings. The molecule has 1 atom stereocenters. The van der Waals surface area contributed by atoms with Crippen LogP contribution in [0.25, 0.3) is 0 Å². The number of nitrogens with zero attached hydrogens (tertiary/aromatic N) is 1. The number of hydrogen-bond donors (Lipinski definition) is 1. The van der Waals surface area contributed by atoms with Gasteiger partial charge in [0.15, 0.2) is 0 Å². The third-order valence-corrected chi connectivity index (χ3v) is 2.58. The van der Waals surface area contributed by atoms with Gasteiger partial charge in [-0.15, -0.1) is 0 Å². The van der Waals surface area contributed by atoms with Crippen LogP contribution >= 0.6 is 0 Å². The number of amides is 1. The highest BCUT2D eigenvalue weighted by atomic mass is 16.1. The summed E-state index contributed by atoms with van der Waals surface area (Å²) < 4.78 is 0. The van der Waals surface area contributed by atoms with Crippen LogP contribution in [-0.4, -0.2) is 17.4 Å². The smallest absolute Gasteiger partial charge is 0.220 e. The highest BCUT2D eigenvalue weighted by molar-refractivity contribution is 5.80. The van der Waals surface area contributed by atoms with Gasteiger partial charge >= 0.3 is 0 Å². The molecule has 0 unspecified atom stereocenters. The van der Waals surface area contributed by atoms with E-state index < -0.39 is 0 Å². The van der Waals surface area contributed by atoms with Crippen molar-refractivity contribution in [3.8, 4) is 0 Å². The lowest BCUT2D eigenvalue weighted by molar-refractivity contribution is -0.119. The van der Waals surface area contributed by atoms with E-state index >= 15 is 0 Å². The van der Waals surface area contributed by atoms with Gasteiger partial charge in [-0.05, 0) is 11.6 Å². The molecule has 3 nitrogen and oxygen atoms in total. The molecular formula is C10H12N2O. The van der Waals surface area contributed by atoms with Crippen LogP contribution in [0, 0.1) is 0 Å². The molecule has 68 valence electrons. The molecule has 2 rings (SSSR count). The number of carbonyl (C=O) groups excluding carboxylic acids is 1. The van der Waals surface area contributed by atoms with Gasteiger partial charge in [-0.1, -0.05) is 13.0 Å². The fraction of sp³-hybridized carbons (Fsp3) is 0.400. The van der Waals surface area contributed by atoms with Crippen molar-refractivity contribution >= 4 is 5.91 Å². The number of nitrogens with one attached hydrogen (secondary N) is 1. The summed E-state index contributed by atoms with van der Waals surface area (Å²) in [5.74, 6) is 0.131. The number of carbonyl (C=O) groups is 1. The molecule has 0 aliphatic carbocycles. The molecule has 0 bridgehead atoms. The van der Waals surface area contributed by atoms with Crippen molar-refractivity contribution in [2.24, 2.45) is 0 Å². The number of rotatable bonds is 1. The second-order valence-corrected chi connectivity index (χ2v) is 3.76. The van der Waals surface area contributed by atoms with Gasteiger partial charge in [-0.3, -0.25) is 9.78 Å². The lowest BCUT2D eigenvalue weighted by Gasteiger charge is -2.20. The Morgan fingerprint density at radius 3 is 3.00 bits per heavy atom. The zero-order valence-corrected chi connectivity index (χ0v) is 7.58. The molecule has 1 aliphatic heterocycles. The molecular weight excluding hydrogens is 164 g/mol. The Bertz CT molecular complexity index is 323. The van der Waals surface area contributed by atoms with Crippen molar-refractivity contribution in [3.63, 3.8) is 0 Å². The molecule has 2 heterocycles. The van der Waals surface area contributed by atoms with Crippen LogP contribution in [0.5, 0.6) is 0 Å². The summed E-state index contributed by atoms with van der Waals surface area (Å²) in [7, 11) is 0. The third-order valence-electron chi connectivity index (χ3n) is 2.58. The molecule has 0 saturated carbocycles. The van der Waals surface area contributed by atoms with E-state index in [0.29, 0.717) is 6.42 Å². The molecule has 3 heteroatoms. The molecule has 1 aliphatic rings. The van der Waals surface area contributed by atoms with Crippen LogP contribution in [0.4, 0.5) is 0 Å². The average Bonchev–Trinajstić information content (AvgIpc) is 2.49. The predicted molar refractivity (Wildman–Crippen MR) is 49.2 cm³/mol. The zero-order chi connectivity index (χ0) is 9.31. The van der Waals surface area contributed by atoms with Gasteiger partial charge in [0.25, 0.3) is 0 Å². The summed E-state index contributed by atoms with van der Waals surface area (Å²) in [6.07, 6.45) is 4.15. The molecule has 13 heavy (non-hydrogen) atoms. The largest absolute Gasteiger partial charge is 0.355 e. The monoisotopic (exact) mass is 176 g/mol. The van der Waals surface area contributed by atoms with Gasteiger partial charge in [0.2, 0.25) is 5.91 Å². The SMILES string of the molecule is C[C@]1(c2cccnc2)CNC(=O)C1. The first-order valence-electron chi connectivity index (χ1n) is 4.38. The van der Waals surface area contributed by atoms with Crippen LogP contribution < -0.4 is 5.32 Å². The van der Waals surface area contributed by atoms with E-state index in [-0.39, 0.29) is 11.3 Å². The van der Waals surface area contributed by atoms with E-state index in [2.05, 4.69) is 17.2 Å². The second-order valence-electron chi connectivity index (χ2n) is 3.76. The summed E-state index contributed by atoms with van der Waals surface area (Å²) in [6, 6.07) is 3.93. The van der Waals surface area contributed by atoms with E-state index in [1.807, 2.05) is 18.3 Å². The van der Waals surface area contributed by atoms with Crippen molar-refractivity contribution in [2.45, 2.75) is 18.8 Å². The first kappa shape index (κ1) is 8.23. The molecule has 0 spiro atoms. The zero-order valence-electron chi connectivity index (χ0n) is 7.58. The Balaban J connectivity index is 2.31. The van der Waals surface area contributed by atoms with E-state index in [1.165, 1.54) is 0 Å². The predicted octanol–water partition coefficient (Wildman–Crippen LogP) is 0.859. The number of aromatic nitrogens is 1. The minimum Gasteiger partial charge on any atom is -0.355 e. The van der Waals surface area contributed by atoms with Crippen molar-refractivity contribution in [3.05, 3.63) is 30.1 Å². The topological polar surface area (TPSA) is 42.0 Å². The van der Waals surface area contributed by atoms with Crippen molar-refractivity contribution in [1.29, 1.82) is 0 Å². The summed E-state index contributed by atoms with van der Waals surface area (Å²) in [6.45, 7) is 2.80. The summed E-state index contributed by atoms with van der Waals surface area (Å²) in [5.41, 5.74) is 1.07. The normalized spacial score (nSPS) is 27.3. The molecule has 0 aromatic carbocycles. The van der Waals surface area contributed by atoms with Gasteiger partial charge in [-0.2, -0.15) is 0 Å². The van der Waals surface area contributed by atoms with Crippen LogP contribution in [0.1, 0.15) is 18.9 Å². The van der Waals surface area contributed by atoms with Crippen LogP contribution in [0.3, 0.4) is 0 Å². The maximum absolute atomic E-state index is 11.1. The van der Waals surface area contributed by atoms with Gasteiger partial charge in [0, 0.05) is 30.8 Å². The Morgan fingerprint density at radius 2 is 2.46 bits per heavy atom. The molecule has 1 aromatic heterocycles. The quantitative estimate of drug-likeness (QED) is 0.689. The Morgan fingerprint density at radius 1 is 1.62 bits per heavy atom. The third kappa shape index (κ3) is 1.41. The van der Waals surface area contributed by atoms with Crippen LogP contribution in [-0.2, 0) is 10.2 Å². The minimum atomic E-state index is -0.0641. The molecule has 1 amide bonds. The van der Waals surface area contributed by atoms with Crippen molar-refractivity contribution in [2.75, 3.05) is 6.54 Å². The minimum absolute atomic E-state index is 0.0641. The highest BCUT2D eigenvalue weighted by Crippen LogP contribution is 2.29. The first-order chi connectivity index (χ1) is 6.21. The second kappa shape index (κ2) is 2.83. The van der Waals surface area contributed by atoms with E-state index in [4.69, 9.17) is 0 Å². The van der Waals surface area contributed by atoms with Gasteiger partial charge < -0.3 is 5.32 Å². The molecule has 1 N–H and O–H groups in total. The average molecular weight is 176 g/mol. The van der Waals surface area contributed by atoms with Gasteiger partial charge in [0.05, 0.1) is 0 Å². The summed E-state index contributed by atoms with van der Waals surface area (Å²) in [4.78, 5) is 15.2. The fourth-order valence-electron chi connectivity index (χ4n) is 1.70. The lowest BCUT2D eigenvalue weighted by Crippen LogP contribution is -2.24. The lowest BCUT2D eigenvalue weighted by atomic mass is 9.83. The Kier molecular flexibility index (Phi) is 1.79. The highest BCUT2D eigenvalue weighted by Gasteiger charge is 2.35. The number of pyridine rings is 1. The van der Waals surface area contributed by atoms with Crippen LogP contribution in [0.2, 0.25) is 0 Å².